The first-order valence-corrected chi connectivity index (χ1v) is 8.73. The predicted molar refractivity (Wildman–Crippen MR) is 91.8 cm³/mol. The van der Waals surface area contributed by atoms with E-state index in [2.05, 4.69) is 16.8 Å². The van der Waals surface area contributed by atoms with E-state index >= 15 is 0 Å². The third-order valence-corrected chi connectivity index (χ3v) is 5.47. The van der Waals surface area contributed by atoms with Gasteiger partial charge in [0.25, 0.3) is 0 Å². The van der Waals surface area contributed by atoms with Gasteiger partial charge in [0.05, 0.1) is 13.5 Å². The van der Waals surface area contributed by atoms with Crippen LogP contribution in [-0.4, -0.2) is 55.0 Å². The molecule has 1 aromatic carbocycles. The van der Waals surface area contributed by atoms with Crippen molar-refractivity contribution in [3.8, 4) is 5.75 Å². The lowest BCUT2D eigenvalue weighted by atomic mass is 10.0. The highest BCUT2D eigenvalue weighted by Gasteiger charge is 2.38. The summed E-state index contributed by atoms with van der Waals surface area (Å²) in [6, 6.07) is 7.03. The van der Waals surface area contributed by atoms with Gasteiger partial charge in [-0.1, -0.05) is 12.1 Å². The number of aryl methyl sites for hydroxylation is 1. The van der Waals surface area contributed by atoms with Crippen molar-refractivity contribution in [3.63, 3.8) is 0 Å². The summed E-state index contributed by atoms with van der Waals surface area (Å²) in [5.74, 6) is 1.13. The smallest absolute Gasteiger partial charge is 0.227 e. The Morgan fingerprint density at radius 1 is 1.22 bits per heavy atom. The summed E-state index contributed by atoms with van der Waals surface area (Å²) < 4.78 is 5.38. The molecule has 2 fully saturated rings. The van der Waals surface area contributed by atoms with Gasteiger partial charge in [-0.15, -0.1) is 0 Å². The molecule has 2 heterocycles. The molecule has 126 valence electrons. The highest BCUT2D eigenvalue weighted by Crippen LogP contribution is 2.29. The molecule has 2 aliphatic heterocycles. The summed E-state index contributed by atoms with van der Waals surface area (Å²) in [6.07, 6.45) is 5.25. The lowest BCUT2D eigenvalue weighted by molar-refractivity contribution is -0.132. The zero-order valence-electron chi connectivity index (χ0n) is 14.5. The van der Waals surface area contributed by atoms with Gasteiger partial charge in [0.15, 0.2) is 0 Å². The molecule has 3 rings (SSSR count). The average molecular weight is 316 g/mol. The lowest BCUT2D eigenvalue weighted by Gasteiger charge is -2.33. The van der Waals surface area contributed by atoms with Crippen LogP contribution in [0.15, 0.2) is 18.2 Å². The van der Waals surface area contributed by atoms with Crippen molar-refractivity contribution in [2.45, 2.75) is 51.1 Å². The molecule has 0 bridgehead atoms. The second kappa shape index (κ2) is 6.91. The number of ether oxygens (including phenoxy) is 1. The zero-order valence-corrected chi connectivity index (χ0v) is 14.5. The SMILES string of the molecule is COc1cc(CC(=O)N2CCC[C@@H]2[C@H]2CCCN2C)ccc1C. The molecule has 0 spiro atoms. The maximum Gasteiger partial charge on any atom is 0.227 e. The van der Waals surface area contributed by atoms with E-state index in [9.17, 15) is 4.79 Å². The molecule has 4 heteroatoms. The Hall–Kier alpha value is -1.55. The molecule has 1 amide bonds. The van der Waals surface area contributed by atoms with Gasteiger partial charge >= 0.3 is 0 Å². The van der Waals surface area contributed by atoms with Crippen LogP contribution in [0.4, 0.5) is 0 Å². The number of carbonyl (C=O) groups is 1. The van der Waals surface area contributed by atoms with Crippen LogP contribution in [0, 0.1) is 6.92 Å². The van der Waals surface area contributed by atoms with Crippen LogP contribution in [-0.2, 0) is 11.2 Å². The van der Waals surface area contributed by atoms with Crippen LogP contribution < -0.4 is 4.74 Å². The van der Waals surface area contributed by atoms with Gasteiger partial charge in [0.1, 0.15) is 5.75 Å². The summed E-state index contributed by atoms with van der Waals surface area (Å²) in [5, 5.41) is 0. The molecule has 0 N–H and O–H groups in total. The van der Waals surface area contributed by atoms with Crippen molar-refractivity contribution in [2.24, 2.45) is 0 Å². The Morgan fingerprint density at radius 2 is 1.96 bits per heavy atom. The summed E-state index contributed by atoms with van der Waals surface area (Å²) in [4.78, 5) is 17.4. The van der Waals surface area contributed by atoms with Crippen molar-refractivity contribution >= 4 is 5.91 Å². The van der Waals surface area contributed by atoms with Gasteiger partial charge in [-0.3, -0.25) is 4.79 Å². The molecular formula is C19H28N2O2. The fraction of sp³-hybridized carbons (Fsp3) is 0.632. The Morgan fingerprint density at radius 3 is 2.65 bits per heavy atom. The van der Waals surface area contributed by atoms with Crippen LogP contribution in [0.3, 0.4) is 0 Å². The highest BCUT2D eigenvalue weighted by atomic mass is 16.5. The molecule has 2 aliphatic rings. The molecule has 0 unspecified atom stereocenters. The number of carbonyl (C=O) groups excluding carboxylic acids is 1. The highest BCUT2D eigenvalue weighted by molar-refractivity contribution is 5.79. The number of hydrogen-bond acceptors (Lipinski definition) is 3. The van der Waals surface area contributed by atoms with Crippen molar-refractivity contribution in [2.75, 3.05) is 27.2 Å². The largest absolute Gasteiger partial charge is 0.496 e. The lowest BCUT2D eigenvalue weighted by Crippen LogP contribution is -2.47. The molecule has 2 atom stereocenters. The van der Waals surface area contributed by atoms with E-state index in [1.54, 1.807) is 7.11 Å². The summed E-state index contributed by atoms with van der Waals surface area (Å²) in [7, 11) is 3.88. The summed E-state index contributed by atoms with van der Waals surface area (Å²) in [5.41, 5.74) is 2.15. The molecule has 0 aromatic heterocycles. The average Bonchev–Trinajstić information content (AvgIpc) is 3.17. The first-order valence-electron chi connectivity index (χ1n) is 8.73. The third kappa shape index (κ3) is 3.37. The van der Waals surface area contributed by atoms with E-state index in [-0.39, 0.29) is 5.91 Å². The van der Waals surface area contributed by atoms with Crippen molar-refractivity contribution in [1.29, 1.82) is 0 Å². The number of hydrogen-bond donors (Lipinski definition) is 0. The molecular weight excluding hydrogens is 288 g/mol. The van der Waals surface area contributed by atoms with Crippen LogP contribution >= 0.6 is 0 Å². The molecule has 23 heavy (non-hydrogen) atoms. The fourth-order valence-corrected chi connectivity index (χ4v) is 4.17. The molecule has 0 saturated carbocycles. The molecule has 0 radical (unpaired) electrons. The van der Waals surface area contributed by atoms with Gasteiger partial charge < -0.3 is 14.5 Å². The van der Waals surface area contributed by atoms with Crippen molar-refractivity contribution in [1.82, 2.24) is 9.80 Å². The van der Waals surface area contributed by atoms with E-state index in [4.69, 9.17) is 4.74 Å². The van der Waals surface area contributed by atoms with E-state index < -0.39 is 0 Å². The quantitative estimate of drug-likeness (QED) is 0.856. The normalized spacial score (nSPS) is 25.1. The number of nitrogens with zero attached hydrogens (tertiary/aromatic N) is 2. The number of amides is 1. The molecule has 0 aliphatic carbocycles. The van der Waals surface area contributed by atoms with Crippen molar-refractivity contribution in [3.05, 3.63) is 29.3 Å². The Bertz CT molecular complexity index is 572. The van der Waals surface area contributed by atoms with Crippen LogP contribution in [0.1, 0.15) is 36.8 Å². The number of methoxy groups -OCH3 is 1. The van der Waals surface area contributed by atoms with Gasteiger partial charge in [-0.25, -0.2) is 0 Å². The Kier molecular flexibility index (Phi) is 4.90. The van der Waals surface area contributed by atoms with Crippen LogP contribution in [0.25, 0.3) is 0 Å². The summed E-state index contributed by atoms with van der Waals surface area (Å²) in [6.45, 7) is 4.10. The van der Waals surface area contributed by atoms with E-state index in [1.807, 2.05) is 25.1 Å². The van der Waals surface area contributed by atoms with Gasteiger partial charge in [0.2, 0.25) is 5.91 Å². The first-order chi connectivity index (χ1) is 11.1. The fourth-order valence-electron chi connectivity index (χ4n) is 4.17. The number of benzene rings is 1. The van der Waals surface area contributed by atoms with Gasteiger partial charge in [0, 0.05) is 18.6 Å². The molecule has 1 aromatic rings. The molecule has 4 nitrogen and oxygen atoms in total. The number of likely N-dealkylation sites (tertiary alicyclic amines) is 2. The monoisotopic (exact) mass is 316 g/mol. The maximum atomic E-state index is 12.8. The minimum Gasteiger partial charge on any atom is -0.496 e. The standard InChI is InChI=1S/C19H28N2O2/c1-14-8-9-15(12-18(14)23-3)13-19(22)21-11-5-7-17(21)16-6-4-10-20(16)2/h8-9,12,16-17H,4-7,10-11,13H2,1-3H3/t16-,17-/m1/s1. The van der Waals surface area contributed by atoms with E-state index in [0.29, 0.717) is 18.5 Å². The second-order valence-corrected chi connectivity index (χ2v) is 6.97. The second-order valence-electron chi connectivity index (χ2n) is 6.97. The Labute approximate surface area is 139 Å². The van der Waals surface area contributed by atoms with Gasteiger partial charge in [-0.05, 0) is 63.4 Å². The summed E-state index contributed by atoms with van der Waals surface area (Å²) >= 11 is 0. The number of likely N-dealkylation sites (N-methyl/N-ethyl adjacent to an activating group) is 1. The zero-order chi connectivity index (χ0) is 16.4. The minimum absolute atomic E-state index is 0.263. The van der Waals surface area contributed by atoms with Crippen LogP contribution in [0.2, 0.25) is 0 Å². The third-order valence-electron chi connectivity index (χ3n) is 5.47. The van der Waals surface area contributed by atoms with Crippen molar-refractivity contribution < 1.29 is 9.53 Å². The Balaban J connectivity index is 1.69. The predicted octanol–water partition coefficient (Wildman–Crippen LogP) is 2.63. The number of rotatable bonds is 4. The van der Waals surface area contributed by atoms with E-state index in [0.717, 1.165) is 36.3 Å². The van der Waals surface area contributed by atoms with Crippen LogP contribution in [0.5, 0.6) is 5.75 Å². The topological polar surface area (TPSA) is 32.8 Å². The maximum absolute atomic E-state index is 12.8. The first kappa shape index (κ1) is 16.3. The molecule has 2 saturated heterocycles. The van der Waals surface area contributed by atoms with Gasteiger partial charge in [-0.2, -0.15) is 0 Å². The minimum atomic E-state index is 0.263. The van der Waals surface area contributed by atoms with E-state index in [1.165, 1.54) is 19.4 Å².